The van der Waals surface area contributed by atoms with Crippen LogP contribution in [0.2, 0.25) is 5.02 Å². The van der Waals surface area contributed by atoms with Crippen molar-refractivity contribution in [2.45, 2.75) is 23.8 Å². The van der Waals surface area contributed by atoms with Crippen molar-refractivity contribution in [1.29, 1.82) is 0 Å². The van der Waals surface area contributed by atoms with Crippen molar-refractivity contribution in [3.05, 3.63) is 69.2 Å². The summed E-state index contributed by atoms with van der Waals surface area (Å²) in [5.74, 6) is -0.178. The van der Waals surface area contributed by atoms with E-state index in [1.54, 1.807) is 29.2 Å². The minimum Gasteiger partial charge on any atom is -0.338 e. The first kappa shape index (κ1) is 20.2. The van der Waals surface area contributed by atoms with Gasteiger partial charge in [0.1, 0.15) is 0 Å². The number of halogens is 1. The van der Waals surface area contributed by atoms with Gasteiger partial charge in [-0.1, -0.05) is 23.7 Å². The summed E-state index contributed by atoms with van der Waals surface area (Å²) >= 11 is 6.07. The minimum absolute atomic E-state index is 0.0346. The van der Waals surface area contributed by atoms with Crippen molar-refractivity contribution in [1.82, 2.24) is 9.62 Å². The van der Waals surface area contributed by atoms with Gasteiger partial charge in [0.25, 0.3) is 11.6 Å². The summed E-state index contributed by atoms with van der Waals surface area (Å²) in [7, 11) is -3.80. The predicted octanol–water partition coefficient (Wildman–Crippen LogP) is 2.83. The highest BCUT2D eigenvalue weighted by Gasteiger charge is 2.28. The van der Waals surface area contributed by atoms with Gasteiger partial charge in [0.15, 0.2) is 0 Å². The van der Waals surface area contributed by atoms with Crippen LogP contribution in [0.4, 0.5) is 5.69 Å². The molecule has 1 fully saturated rings. The second-order valence-electron chi connectivity index (χ2n) is 6.42. The van der Waals surface area contributed by atoms with Gasteiger partial charge >= 0.3 is 0 Å². The third-order valence-electron chi connectivity index (χ3n) is 4.57. The Morgan fingerprint density at radius 2 is 1.71 bits per heavy atom. The Morgan fingerprint density at radius 1 is 1.11 bits per heavy atom. The Bertz CT molecular complexity index is 987. The number of rotatable bonds is 5. The van der Waals surface area contributed by atoms with Gasteiger partial charge in [-0.2, -0.15) is 0 Å². The van der Waals surface area contributed by atoms with Gasteiger partial charge in [-0.05, 0) is 37.1 Å². The lowest BCUT2D eigenvalue weighted by Crippen LogP contribution is -2.46. The Morgan fingerprint density at radius 3 is 2.29 bits per heavy atom. The normalized spacial score (nSPS) is 15.4. The third kappa shape index (κ3) is 4.49. The van der Waals surface area contributed by atoms with Crippen LogP contribution in [0.5, 0.6) is 0 Å². The Balaban J connectivity index is 1.61. The molecule has 1 saturated heterocycles. The molecule has 8 nitrogen and oxygen atoms in total. The zero-order chi connectivity index (χ0) is 20.3. The van der Waals surface area contributed by atoms with E-state index < -0.39 is 14.9 Å². The van der Waals surface area contributed by atoms with Crippen molar-refractivity contribution < 1.29 is 18.1 Å². The molecule has 0 saturated carbocycles. The number of nitrogens with one attached hydrogen (secondary N) is 1. The molecule has 0 bridgehead atoms. The van der Waals surface area contributed by atoms with Gasteiger partial charge in [-0.3, -0.25) is 14.9 Å². The van der Waals surface area contributed by atoms with E-state index in [2.05, 4.69) is 4.72 Å². The number of nitrogens with zero attached hydrogens (tertiary/aromatic N) is 2. The summed E-state index contributed by atoms with van der Waals surface area (Å²) < 4.78 is 27.6. The molecule has 0 aliphatic carbocycles. The second kappa shape index (κ2) is 8.26. The quantitative estimate of drug-likeness (QED) is 0.587. The van der Waals surface area contributed by atoms with E-state index in [1.807, 2.05) is 0 Å². The van der Waals surface area contributed by atoms with Crippen molar-refractivity contribution in [3.63, 3.8) is 0 Å². The predicted molar refractivity (Wildman–Crippen MR) is 104 cm³/mol. The zero-order valence-corrected chi connectivity index (χ0v) is 16.3. The smallest absolute Gasteiger partial charge is 0.269 e. The number of carbonyl (C=O) groups is 1. The average molecular weight is 424 g/mol. The van der Waals surface area contributed by atoms with E-state index in [4.69, 9.17) is 11.6 Å². The fourth-order valence-electron chi connectivity index (χ4n) is 3.04. The first-order chi connectivity index (χ1) is 13.3. The zero-order valence-electron chi connectivity index (χ0n) is 14.7. The van der Waals surface area contributed by atoms with E-state index in [-0.39, 0.29) is 22.5 Å². The molecule has 1 aliphatic rings. The second-order valence-corrected chi connectivity index (χ2v) is 8.54. The van der Waals surface area contributed by atoms with Gasteiger partial charge in [-0.15, -0.1) is 0 Å². The average Bonchev–Trinajstić information content (AvgIpc) is 2.68. The van der Waals surface area contributed by atoms with E-state index in [9.17, 15) is 23.3 Å². The van der Waals surface area contributed by atoms with Gasteiger partial charge in [0.05, 0.1) is 20.4 Å². The summed E-state index contributed by atoms with van der Waals surface area (Å²) in [5, 5.41) is 11.1. The molecule has 2 aromatic rings. The molecule has 0 spiro atoms. The molecule has 1 aliphatic heterocycles. The van der Waals surface area contributed by atoms with Crippen molar-refractivity contribution in [2.75, 3.05) is 13.1 Å². The van der Waals surface area contributed by atoms with Crippen LogP contribution in [0, 0.1) is 10.1 Å². The molecule has 0 radical (unpaired) electrons. The minimum atomic E-state index is -3.80. The number of hydrogen-bond donors (Lipinski definition) is 1. The SMILES string of the molecule is O=C(c1ccccc1Cl)N1CCC(NS(=O)(=O)c2ccc([N+](=O)[O-])cc2)CC1. The summed E-state index contributed by atoms with van der Waals surface area (Å²) in [4.78, 5) is 24.3. The number of nitro groups is 1. The number of sulfonamides is 1. The number of benzene rings is 2. The third-order valence-corrected chi connectivity index (χ3v) is 6.43. The lowest BCUT2D eigenvalue weighted by molar-refractivity contribution is -0.384. The molecular formula is C18H18ClN3O5S. The van der Waals surface area contributed by atoms with Crippen molar-refractivity contribution in [2.24, 2.45) is 0 Å². The maximum absolute atomic E-state index is 12.6. The van der Waals surface area contributed by atoms with Gasteiger partial charge in [-0.25, -0.2) is 13.1 Å². The molecule has 1 amide bonds. The molecule has 148 valence electrons. The topological polar surface area (TPSA) is 110 Å². The number of nitro benzene ring substituents is 1. The van der Waals surface area contributed by atoms with Crippen LogP contribution in [0.25, 0.3) is 0 Å². The van der Waals surface area contributed by atoms with E-state index in [0.29, 0.717) is 36.5 Å². The lowest BCUT2D eigenvalue weighted by Gasteiger charge is -2.32. The molecule has 2 aromatic carbocycles. The van der Waals surface area contributed by atoms with Crippen molar-refractivity contribution in [3.8, 4) is 0 Å². The van der Waals surface area contributed by atoms with Crippen LogP contribution in [-0.4, -0.2) is 43.3 Å². The highest BCUT2D eigenvalue weighted by Crippen LogP contribution is 2.21. The maximum Gasteiger partial charge on any atom is 0.269 e. The fourth-order valence-corrected chi connectivity index (χ4v) is 4.56. The molecule has 0 atom stereocenters. The molecular weight excluding hydrogens is 406 g/mol. The Hall–Kier alpha value is -2.49. The molecule has 28 heavy (non-hydrogen) atoms. The van der Waals surface area contributed by atoms with Gasteiger partial charge < -0.3 is 4.90 Å². The number of carbonyl (C=O) groups excluding carboxylic acids is 1. The summed E-state index contributed by atoms with van der Waals surface area (Å²) in [6, 6.07) is 11.2. The standard InChI is InChI=1S/C18H18ClN3O5S/c19-17-4-2-1-3-16(17)18(23)21-11-9-13(10-12-21)20-28(26,27)15-7-5-14(6-8-15)22(24)25/h1-8,13,20H,9-12H2. The Labute approximate surface area is 167 Å². The van der Waals surface area contributed by atoms with Crippen LogP contribution in [-0.2, 0) is 10.0 Å². The molecule has 10 heteroatoms. The first-order valence-electron chi connectivity index (χ1n) is 8.58. The fraction of sp³-hybridized carbons (Fsp3) is 0.278. The summed E-state index contributed by atoms with van der Waals surface area (Å²) in [6.45, 7) is 0.801. The maximum atomic E-state index is 12.6. The lowest BCUT2D eigenvalue weighted by atomic mass is 10.0. The molecule has 1 N–H and O–H groups in total. The number of piperidine rings is 1. The molecule has 3 rings (SSSR count). The van der Waals surface area contributed by atoms with Crippen LogP contribution in [0.1, 0.15) is 23.2 Å². The molecule has 1 heterocycles. The number of hydrogen-bond acceptors (Lipinski definition) is 5. The van der Waals surface area contributed by atoms with Gasteiger partial charge in [0, 0.05) is 31.3 Å². The Kier molecular flexibility index (Phi) is 5.97. The van der Waals surface area contributed by atoms with E-state index in [1.165, 1.54) is 12.1 Å². The largest absolute Gasteiger partial charge is 0.338 e. The highest BCUT2D eigenvalue weighted by molar-refractivity contribution is 7.89. The number of likely N-dealkylation sites (tertiary alicyclic amines) is 1. The van der Waals surface area contributed by atoms with Gasteiger partial charge in [0.2, 0.25) is 10.0 Å². The highest BCUT2D eigenvalue weighted by atomic mass is 35.5. The van der Waals surface area contributed by atoms with Crippen LogP contribution >= 0.6 is 11.6 Å². The summed E-state index contributed by atoms with van der Waals surface area (Å²) in [5.41, 5.74) is 0.249. The van der Waals surface area contributed by atoms with Crippen LogP contribution < -0.4 is 4.72 Å². The number of non-ortho nitro benzene ring substituents is 1. The van der Waals surface area contributed by atoms with Crippen LogP contribution in [0.15, 0.2) is 53.4 Å². The number of amides is 1. The monoisotopic (exact) mass is 423 g/mol. The summed E-state index contributed by atoms with van der Waals surface area (Å²) in [6.07, 6.45) is 0.921. The first-order valence-corrected chi connectivity index (χ1v) is 10.4. The van der Waals surface area contributed by atoms with E-state index in [0.717, 1.165) is 12.1 Å². The van der Waals surface area contributed by atoms with Crippen molar-refractivity contribution >= 4 is 33.2 Å². The van der Waals surface area contributed by atoms with E-state index >= 15 is 0 Å². The van der Waals surface area contributed by atoms with Crippen LogP contribution in [0.3, 0.4) is 0 Å². The molecule has 0 unspecified atom stereocenters. The molecule has 0 aromatic heterocycles.